The molecule has 2 fully saturated rings. The van der Waals surface area contributed by atoms with Gasteiger partial charge < -0.3 is 10.2 Å². The molecule has 2 aliphatic rings. The summed E-state index contributed by atoms with van der Waals surface area (Å²) < 4.78 is 0. The fourth-order valence-electron chi connectivity index (χ4n) is 3.04. The quantitative estimate of drug-likeness (QED) is 0.787. The first-order chi connectivity index (χ1) is 8.70. The van der Waals surface area contributed by atoms with Crippen molar-refractivity contribution in [3.05, 3.63) is 0 Å². The van der Waals surface area contributed by atoms with E-state index in [0.29, 0.717) is 18.5 Å². The minimum Gasteiger partial charge on any atom is -0.339 e. The molecule has 0 aliphatic heterocycles. The molecular weight excluding hydrogens is 224 g/mol. The molecule has 0 atom stereocenters. The molecular formula is C15H28N2O. The Morgan fingerprint density at radius 3 is 2.39 bits per heavy atom. The third-order valence-corrected chi connectivity index (χ3v) is 4.49. The number of nitrogens with one attached hydrogen (secondary N) is 1. The lowest BCUT2D eigenvalue weighted by molar-refractivity contribution is -0.130. The molecule has 18 heavy (non-hydrogen) atoms. The Bertz CT molecular complexity index is 268. The van der Waals surface area contributed by atoms with Gasteiger partial charge in [0.25, 0.3) is 0 Å². The molecule has 1 N–H and O–H groups in total. The van der Waals surface area contributed by atoms with Crippen molar-refractivity contribution in [1.29, 1.82) is 0 Å². The lowest BCUT2D eigenvalue weighted by Gasteiger charge is -2.27. The summed E-state index contributed by atoms with van der Waals surface area (Å²) in [6, 6.07) is 0.555. The van der Waals surface area contributed by atoms with Crippen LogP contribution in [0.5, 0.6) is 0 Å². The van der Waals surface area contributed by atoms with Crippen LogP contribution in [0.1, 0.15) is 52.4 Å². The van der Waals surface area contributed by atoms with Crippen molar-refractivity contribution in [1.82, 2.24) is 10.2 Å². The third kappa shape index (κ3) is 3.98. The van der Waals surface area contributed by atoms with E-state index >= 15 is 0 Å². The number of hydrogen-bond donors (Lipinski definition) is 1. The minimum absolute atomic E-state index is 0.296. The van der Waals surface area contributed by atoms with Crippen LogP contribution in [-0.2, 0) is 4.79 Å². The topological polar surface area (TPSA) is 32.3 Å². The maximum absolute atomic E-state index is 12.0. The van der Waals surface area contributed by atoms with E-state index in [0.717, 1.165) is 24.9 Å². The maximum Gasteiger partial charge on any atom is 0.236 e. The Morgan fingerprint density at radius 1 is 1.17 bits per heavy atom. The highest BCUT2D eigenvalue weighted by atomic mass is 16.2. The molecule has 104 valence electrons. The number of nitrogens with zero attached hydrogens (tertiary/aromatic N) is 1. The molecule has 0 unspecified atom stereocenters. The van der Waals surface area contributed by atoms with Crippen molar-refractivity contribution in [2.45, 2.75) is 58.4 Å². The number of amides is 1. The van der Waals surface area contributed by atoms with Crippen LogP contribution in [0.4, 0.5) is 0 Å². The van der Waals surface area contributed by atoms with Gasteiger partial charge in [-0.15, -0.1) is 0 Å². The predicted molar refractivity (Wildman–Crippen MR) is 74.4 cm³/mol. The van der Waals surface area contributed by atoms with E-state index in [1.54, 1.807) is 0 Å². The van der Waals surface area contributed by atoms with Crippen molar-refractivity contribution < 1.29 is 4.79 Å². The number of likely N-dealkylation sites (N-methyl/N-ethyl adjacent to an activating group) is 1. The molecule has 0 spiro atoms. The van der Waals surface area contributed by atoms with Gasteiger partial charge in [-0.05, 0) is 51.0 Å². The zero-order chi connectivity index (χ0) is 13.0. The number of carbonyl (C=O) groups is 1. The second-order valence-electron chi connectivity index (χ2n) is 6.17. The van der Waals surface area contributed by atoms with Crippen molar-refractivity contribution in [3.8, 4) is 0 Å². The standard InChI is InChI=1S/C15H28N2O/c1-3-17(14-8-9-14)15(18)11-16-10-13-6-4-12(2)5-7-13/h12-14,16H,3-11H2,1-2H3. The van der Waals surface area contributed by atoms with Gasteiger partial charge in [0.1, 0.15) is 0 Å². The summed E-state index contributed by atoms with van der Waals surface area (Å²) in [7, 11) is 0. The second-order valence-corrected chi connectivity index (χ2v) is 6.17. The van der Waals surface area contributed by atoms with Crippen LogP contribution in [0.2, 0.25) is 0 Å². The van der Waals surface area contributed by atoms with Crippen molar-refractivity contribution >= 4 is 5.91 Å². The monoisotopic (exact) mass is 252 g/mol. The molecule has 3 nitrogen and oxygen atoms in total. The van der Waals surface area contributed by atoms with Gasteiger partial charge in [0.2, 0.25) is 5.91 Å². The predicted octanol–water partition coefficient (Wildman–Crippen LogP) is 2.41. The molecule has 0 radical (unpaired) electrons. The maximum atomic E-state index is 12.0. The molecule has 1 amide bonds. The van der Waals surface area contributed by atoms with E-state index in [4.69, 9.17) is 0 Å². The van der Waals surface area contributed by atoms with Gasteiger partial charge in [-0.25, -0.2) is 0 Å². The Hall–Kier alpha value is -0.570. The first-order valence-electron chi connectivity index (χ1n) is 7.71. The first kappa shape index (κ1) is 13.9. The molecule has 0 saturated heterocycles. The average Bonchev–Trinajstić information content (AvgIpc) is 3.17. The normalized spacial score (nSPS) is 28.1. The van der Waals surface area contributed by atoms with E-state index in [1.807, 2.05) is 4.90 Å². The Kier molecular flexibility index (Phi) is 5.04. The molecule has 0 aromatic carbocycles. The summed E-state index contributed by atoms with van der Waals surface area (Å²) in [6.07, 6.45) is 7.82. The third-order valence-electron chi connectivity index (χ3n) is 4.49. The summed E-state index contributed by atoms with van der Waals surface area (Å²) >= 11 is 0. The molecule has 2 rings (SSSR count). The van der Waals surface area contributed by atoms with E-state index < -0.39 is 0 Å². The van der Waals surface area contributed by atoms with Gasteiger partial charge in [0.15, 0.2) is 0 Å². The number of hydrogen-bond acceptors (Lipinski definition) is 2. The van der Waals surface area contributed by atoms with Crippen molar-refractivity contribution in [2.75, 3.05) is 19.6 Å². The lowest BCUT2D eigenvalue weighted by atomic mass is 9.83. The zero-order valence-corrected chi connectivity index (χ0v) is 12.0. The summed E-state index contributed by atoms with van der Waals surface area (Å²) in [4.78, 5) is 14.1. The fourth-order valence-corrected chi connectivity index (χ4v) is 3.04. The zero-order valence-electron chi connectivity index (χ0n) is 12.0. The molecule has 0 aromatic heterocycles. The Labute approximate surface area is 111 Å². The number of carbonyl (C=O) groups excluding carboxylic acids is 1. The van der Waals surface area contributed by atoms with Gasteiger partial charge in [-0.2, -0.15) is 0 Å². The molecule has 0 aromatic rings. The minimum atomic E-state index is 0.296. The summed E-state index contributed by atoms with van der Waals surface area (Å²) in [5.41, 5.74) is 0. The molecule has 2 saturated carbocycles. The van der Waals surface area contributed by atoms with E-state index in [-0.39, 0.29) is 0 Å². The highest BCUT2D eigenvalue weighted by Gasteiger charge is 2.30. The highest BCUT2D eigenvalue weighted by Crippen LogP contribution is 2.28. The second kappa shape index (κ2) is 6.55. The lowest BCUT2D eigenvalue weighted by Crippen LogP contribution is -2.40. The van der Waals surface area contributed by atoms with E-state index in [2.05, 4.69) is 19.2 Å². The van der Waals surface area contributed by atoms with Gasteiger partial charge in [-0.3, -0.25) is 4.79 Å². The summed E-state index contributed by atoms with van der Waals surface area (Å²) in [5.74, 6) is 2.00. The van der Waals surface area contributed by atoms with Crippen LogP contribution in [0.25, 0.3) is 0 Å². The summed E-state index contributed by atoms with van der Waals surface area (Å²) in [5, 5.41) is 3.38. The smallest absolute Gasteiger partial charge is 0.236 e. The largest absolute Gasteiger partial charge is 0.339 e. The van der Waals surface area contributed by atoms with Crippen molar-refractivity contribution in [3.63, 3.8) is 0 Å². The first-order valence-corrected chi connectivity index (χ1v) is 7.71. The fraction of sp³-hybridized carbons (Fsp3) is 0.933. The van der Waals surface area contributed by atoms with Crippen LogP contribution >= 0.6 is 0 Å². The molecule has 0 bridgehead atoms. The molecule has 3 heteroatoms. The van der Waals surface area contributed by atoms with Crippen LogP contribution in [0, 0.1) is 11.8 Å². The van der Waals surface area contributed by atoms with Crippen molar-refractivity contribution in [2.24, 2.45) is 11.8 Å². The molecule has 0 heterocycles. The SMILES string of the molecule is CCN(C(=O)CNCC1CCC(C)CC1)C1CC1. The summed E-state index contributed by atoms with van der Waals surface area (Å²) in [6.45, 7) is 6.86. The number of rotatable bonds is 6. The van der Waals surface area contributed by atoms with Gasteiger partial charge in [0.05, 0.1) is 6.54 Å². The van der Waals surface area contributed by atoms with Gasteiger partial charge in [0, 0.05) is 12.6 Å². The van der Waals surface area contributed by atoms with Crippen LogP contribution in [0.15, 0.2) is 0 Å². The van der Waals surface area contributed by atoms with Gasteiger partial charge >= 0.3 is 0 Å². The van der Waals surface area contributed by atoms with Crippen LogP contribution < -0.4 is 5.32 Å². The van der Waals surface area contributed by atoms with Gasteiger partial charge in [-0.1, -0.05) is 19.8 Å². The van der Waals surface area contributed by atoms with Crippen LogP contribution in [0.3, 0.4) is 0 Å². The average molecular weight is 252 g/mol. The Morgan fingerprint density at radius 2 is 1.83 bits per heavy atom. The van der Waals surface area contributed by atoms with E-state index in [1.165, 1.54) is 38.5 Å². The van der Waals surface area contributed by atoms with E-state index in [9.17, 15) is 4.79 Å². The molecule has 2 aliphatic carbocycles. The Balaban J connectivity index is 1.61. The van der Waals surface area contributed by atoms with Crippen LogP contribution in [-0.4, -0.2) is 36.5 Å². The highest BCUT2D eigenvalue weighted by molar-refractivity contribution is 5.78.